The van der Waals surface area contributed by atoms with Gasteiger partial charge in [0.1, 0.15) is 0 Å². The van der Waals surface area contributed by atoms with E-state index in [4.69, 9.17) is 5.73 Å². The summed E-state index contributed by atoms with van der Waals surface area (Å²) in [6.45, 7) is 3.98. The number of sulfone groups is 1. The highest BCUT2D eigenvalue weighted by atomic mass is 32.2. The number of rotatable bonds is 5. The zero-order valence-corrected chi connectivity index (χ0v) is 10.5. The molecule has 0 bridgehead atoms. The molecule has 0 aliphatic rings. The Morgan fingerprint density at radius 1 is 1.38 bits per heavy atom. The second kappa shape index (κ2) is 5.21. The summed E-state index contributed by atoms with van der Waals surface area (Å²) < 4.78 is 22.6. The van der Waals surface area contributed by atoms with Crippen molar-refractivity contribution in [3.63, 3.8) is 0 Å². The molecule has 0 aliphatic heterocycles. The average Bonchev–Trinajstić information content (AvgIpc) is 2.22. The predicted molar refractivity (Wildman–Crippen MR) is 68.4 cm³/mol. The van der Waals surface area contributed by atoms with E-state index in [9.17, 15) is 8.42 Å². The van der Waals surface area contributed by atoms with Crippen LogP contribution in [0.3, 0.4) is 0 Å². The number of hydrogen-bond donors (Lipinski definition) is 2. The summed E-state index contributed by atoms with van der Waals surface area (Å²) in [5, 5.41) is 3.07. The van der Waals surface area contributed by atoms with E-state index in [1.165, 1.54) is 0 Å². The Kier molecular flexibility index (Phi) is 4.18. The number of anilines is 2. The van der Waals surface area contributed by atoms with Crippen molar-refractivity contribution in [1.29, 1.82) is 0 Å². The molecule has 0 saturated carbocycles. The van der Waals surface area contributed by atoms with Crippen molar-refractivity contribution in [3.05, 3.63) is 23.8 Å². The number of nitrogens with two attached hydrogens (primary N) is 1. The number of para-hydroxylation sites is 1. The normalized spacial score (nSPS) is 11.4. The van der Waals surface area contributed by atoms with Crippen LogP contribution in [-0.4, -0.2) is 26.5 Å². The van der Waals surface area contributed by atoms with Gasteiger partial charge in [0.25, 0.3) is 0 Å². The van der Waals surface area contributed by atoms with E-state index in [0.717, 1.165) is 11.3 Å². The molecule has 3 N–H and O–H groups in total. The van der Waals surface area contributed by atoms with Crippen molar-refractivity contribution < 1.29 is 8.42 Å². The Labute approximate surface area is 96.8 Å². The van der Waals surface area contributed by atoms with Gasteiger partial charge in [-0.2, -0.15) is 0 Å². The van der Waals surface area contributed by atoms with Gasteiger partial charge >= 0.3 is 0 Å². The fourth-order valence-electron chi connectivity index (χ4n) is 1.41. The third-order valence-electron chi connectivity index (χ3n) is 2.46. The lowest BCUT2D eigenvalue weighted by molar-refractivity contribution is 0.597. The molecule has 0 unspecified atom stereocenters. The third-order valence-corrected chi connectivity index (χ3v) is 4.17. The molecule has 16 heavy (non-hydrogen) atoms. The Bertz CT molecular complexity index is 435. The second-order valence-electron chi connectivity index (χ2n) is 3.70. The van der Waals surface area contributed by atoms with Crippen molar-refractivity contribution in [2.24, 2.45) is 0 Å². The first-order chi connectivity index (χ1) is 7.46. The zero-order valence-electron chi connectivity index (χ0n) is 9.66. The topological polar surface area (TPSA) is 72.2 Å². The van der Waals surface area contributed by atoms with Crippen LogP contribution >= 0.6 is 0 Å². The lowest BCUT2D eigenvalue weighted by Gasteiger charge is -2.11. The first-order valence-corrected chi connectivity index (χ1v) is 7.08. The van der Waals surface area contributed by atoms with E-state index in [1.54, 1.807) is 13.0 Å². The van der Waals surface area contributed by atoms with Gasteiger partial charge in [0, 0.05) is 12.3 Å². The maximum Gasteiger partial charge on any atom is 0.151 e. The van der Waals surface area contributed by atoms with Gasteiger partial charge in [0.2, 0.25) is 0 Å². The molecule has 4 nitrogen and oxygen atoms in total. The molecule has 0 spiro atoms. The maximum absolute atomic E-state index is 11.3. The molecule has 1 aromatic rings. The van der Waals surface area contributed by atoms with Gasteiger partial charge < -0.3 is 11.1 Å². The van der Waals surface area contributed by atoms with Crippen LogP contribution in [0, 0.1) is 6.92 Å². The van der Waals surface area contributed by atoms with Gasteiger partial charge in [-0.05, 0) is 18.6 Å². The number of nitrogen functional groups attached to an aromatic ring is 1. The number of hydrogen-bond acceptors (Lipinski definition) is 4. The molecule has 0 fully saturated rings. The molecule has 0 amide bonds. The molecule has 1 aromatic carbocycles. The van der Waals surface area contributed by atoms with E-state index in [0.29, 0.717) is 12.2 Å². The van der Waals surface area contributed by atoms with E-state index in [2.05, 4.69) is 5.32 Å². The minimum Gasteiger partial charge on any atom is -0.397 e. The van der Waals surface area contributed by atoms with Gasteiger partial charge in [-0.3, -0.25) is 0 Å². The summed E-state index contributed by atoms with van der Waals surface area (Å²) >= 11 is 0. The van der Waals surface area contributed by atoms with Crippen molar-refractivity contribution in [2.45, 2.75) is 13.8 Å². The van der Waals surface area contributed by atoms with Crippen LogP contribution in [0.5, 0.6) is 0 Å². The summed E-state index contributed by atoms with van der Waals surface area (Å²) in [5.41, 5.74) is 8.29. The molecule has 0 saturated heterocycles. The van der Waals surface area contributed by atoms with Crippen molar-refractivity contribution in [3.8, 4) is 0 Å². The minimum absolute atomic E-state index is 0.136. The smallest absolute Gasteiger partial charge is 0.151 e. The van der Waals surface area contributed by atoms with Crippen LogP contribution in [0.15, 0.2) is 18.2 Å². The van der Waals surface area contributed by atoms with Crippen LogP contribution in [0.25, 0.3) is 0 Å². The van der Waals surface area contributed by atoms with Crippen LogP contribution in [0.4, 0.5) is 11.4 Å². The lowest BCUT2D eigenvalue weighted by Crippen LogP contribution is -2.18. The highest BCUT2D eigenvalue weighted by molar-refractivity contribution is 7.91. The maximum atomic E-state index is 11.3. The molecule has 1 rings (SSSR count). The van der Waals surface area contributed by atoms with E-state index >= 15 is 0 Å². The van der Waals surface area contributed by atoms with Gasteiger partial charge in [0.15, 0.2) is 9.84 Å². The van der Waals surface area contributed by atoms with Crippen LogP contribution in [-0.2, 0) is 9.84 Å². The summed E-state index contributed by atoms with van der Waals surface area (Å²) in [6.07, 6.45) is 0. The molecule has 5 heteroatoms. The Morgan fingerprint density at radius 2 is 2.06 bits per heavy atom. The highest BCUT2D eigenvalue weighted by Gasteiger charge is 2.07. The first-order valence-electron chi connectivity index (χ1n) is 5.25. The fourth-order valence-corrected chi connectivity index (χ4v) is 2.11. The van der Waals surface area contributed by atoms with Crippen LogP contribution in [0.2, 0.25) is 0 Å². The quantitative estimate of drug-likeness (QED) is 0.766. The van der Waals surface area contributed by atoms with Gasteiger partial charge in [-0.15, -0.1) is 0 Å². The van der Waals surface area contributed by atoms with Gasteiger partial charge in [0.05, 0.1) is 17.1 Å². The fraction of sp³-hybridized carbons (Fsp3) is 0.455. The molecular weight excluding hydrogens is 224 g/mol. The third kappa shape index (κ3) is 3.41. The van der Waals surface area contributed by atoms with E-state index < -0.39 is 9.84 Å². The molecule has 0 aromatic heterocycles. The lowest BCUT2D eigenvalue weighted by atomic mass is 10.1. The van der Waals surface area contributed by atoms with Crippen LogP contribution in [0.1, 0.15) is 12.5 Å². The monoisotopic (exact) mass is 242 g/mol. The molecule has 0 heterocycles. The van der Waals surface area contributed by atoms with E-state index in [-0.39, 0.29) is 11.5 Å². The SMILES string of the molecule is CCS(=O)(=O)CCNc1c(C)cccc1N. The predicted octanol–water partition coefficient (Wildman–Crippen LogP) is 1.42. The molecule has 0 atom stereocenters. The second-order valence-corrected chi connectivity index (χ2v) is 6.18. The number of aryl methyl sites for hydroxylation is 1. The van der Waals surface area contributed by atoms with Crippen molar-refractivity contribution in [1.82, 2.24) is 0 Å². The zero-order chi connectivity index (χ0) is 12.2. The molecule has 0 aliphatic carbocycles. The molecule has 0 radical (unpaired) electrons. The van der Waals surface area contributed by atoms with Crippen molar-refractivity contribution in [2.75, 3.05) is 29.1 Å². The standard InChI is InChI=1S/C11H18N2O2S/c1-3-16(14,15)8-7-13-11-9(2)5-4-6-10(11)12/h4-6,13H,3,7-8,12H2,1-2H3. The Hall–Kier alpha value is -1.23. The van der Waals surface area contributed by atoms with Gasteiger partial charge in [-0.1, -0.05) is 19.1 Å². The molecular formula is C11H18N2O2S. The highest BCUT2D eigenvalue weighted by Crippen LogP contribution is 2.21. The summed E-state index contributed by atoms with van der Waals surface area (Å²) in [7, 11) is -2.92. The summed E-state index contributed by atoms with van der Waals surface area (Å²) in [4.78, 5) is 0. The van der Waals surface area contributed by atoms with Gasteiger partial charge in [-0.25, -0.2) is 8.42 Å². The minimum atomic E-state index is -2.92. The Balaban J connectivity index is 2.62. The first kappa shape index (κ1) is 12.8. The molecule has 90 valence electrons. The summed E-state index contributed by atoms with van der Waals surface area (Å²) in [5.74, 6) is 0.315. The summed E-state index contributed by atoms with van der Waals surface area (Å²) in [6, 6.07) is 5.61. The Morgan fingerprint density at radius 3 is 2.62 bits per heavy atom. The average molecular weight is 242 g/mol. The largest absolute Gasteiger partial charge is 0.397 e. The van der Waals surface area contributed by atoms with Crippen molar-refractivity contribution >= 4 is 21.2 Å². The van der Waals surface area contributed by atoms with E-state index in [1.807, 2.05) is 19.1 Å². The number of nitrogens with one attached hydrogen (secondary N) is 1. The van der Waals surface area contributed by atoms with Crippen LogP contribution < -0.4 is 11.1 Å². The number of benzene rings is 1.